The molecule has 0 spiro atoms. The predicted molar refractivity (Wildman–Crippen MR) is 81.6 cm³/mol. The molecule has 2 aromatic rings. The van der Waals surface area contributed by atoms with Crippen molar-refractivity contribution in [2.24, 2.45) is 0 Å². The van der Waals surface area contributed by atoms with Gasteiger partial charge in [0.25, 0.3) is 10.0 Å². The Bertz CT molecular complexity index is 727. The molecule has 3 rings (SSSR count). The summed E-state index contributed by atoms with van der Waals surface area (Å²) in [5, 5.41) is 1.76. The lowest BCUT2D eigenvalue weighted by atomic mass is 10.2. The van der Waals surface area contributed by atoms with Crippen LogP contribution in [0.4, 0.5) is 0 Å². The van der Waals surface area contributed by atoms with E-state index in [1.54, 1.807) is 11.4 Å². The molecule has 0 aliphatic carbocycles. The fourth-order valence-corrected chi connectivity index (χ4v) is 5.94. The number of para-hydroxylation sites is 1. The lowest BCUT2D eigenvalue weighted by molar-refractivity contribution is 0.293. The molecule has 7 heteroatoms. The second-order valence-electron chi connectivity index (χ2n) is 4.35. The van der Waals surface area contributed by atoms with Crippen LogP contribution in [0.5, 0.6) is 5.75 Å². The second-order valence-corrected chi connectivity index (χ2v) is 8.25. The third-order valence-electron chi connectivity index (χ3n) is 3.08. The average Bonchev–Trinajstić information content (AvgIpc) is 2.74. The number of nitrogens with zero attached hydrogens (tertiary/aromatic N) is 1. The molecule has 0 amide bonds. The highest BCUT2D eigenvalue weighted by Gasteiger charge is 2.30. The van der Waals surface area contributed by atoms with Crippen LogP contribution >= 0.6 is 27.3 Å². The quantitative estimate of drug-likeness (QED) is 0.812. The van der Waals surface area contributed by atoms with Crippen molar-refractivity contribution in [3.05, 3.63) is 45.7 Å². The molecule has 0 N–H and O–H groups in total. The average molecular weight is 374 g/mol. The number of halogens is 1. The number of thiophene rings is 1. The van der Waals surface area contributed by atoms with Crippen molar-refractivity contribution in [3.8, 4) is 5.75 Å². The summed E-state index contributed by atoms with van der Waals surface area (Å²) in [6.45, 7) is 1.05. The van der Waals surface area contributed by atoms with Gasteiger partial charge in [0.05, 0.1) is 0 Å². The zero-order chi connectivity index (χ0) is 14.2. The molecule has 0 fully saturated rings. The van der Waals surface area contributed by atoms with Gasteiger partial charge in [0.1, 0.15) is 16.6 Å². The normalized spacial score (nSPS) is 16.2. The first-order valence-electron chi connectivity index (χ1n) is 6.03. The SMILES string of the molecule is O=S(=O)(c1sccc1Br)N1CCOc2ccccc2C1. The molecule has 1 aromatic carbocycles. The number of benzene rings is 1. The minimum atomic E-state index is -3.49. The lowest BCUT2D eigenvalue weighted by Gasteiger charge is -2.18. The van der Waals surface area contributed by atoms with Gasteiger partial charge in [-0.15, -0.1) is 11.3 Å². The molecule has 2 heterocycles. The molecule has 0 unspecified atom stereocenters. The van der Waals surface area contributed by atoms with Gasteiger partial charge in [-0.25, -0.2) is 8.42 Å². The molecule has 1 aromatic heterocycles. The summed E-state index contributed by atoms with van der Waals surface area (Å²) in [7, 11) is -3.49. The summed E-state index contributed by atoms with van der Waals surface area (Å²) >= 11 is 4.51. The molecule has 0 atom stereocenters. The highest BCUT2D eigenvalue weighted by atomic mass is 79.9. The maximum Gasteiger partial charge on any atom is 0.254 e. The van der Waals surface area contributed by atoms with Crippen LogP contribution in [-0.2, 0) is 16.6 Å². The fourth-order valence-electron chi connectivity index (χ4n) is 2.09. The van der Waals surface area contributed by atoms with E-state index in [1.165, 1.54) is 15.6 Å². The molecule has 4 nitrogen and oxygen atoms in total. The Morgan fingerprint density at radius 1 is 1.25 bits per heavy atom. The maximum absolute atomic E-state index is 12.7. The van der Waals surface area contributed by atoms with Crippen molar-refractivity contribution in [1.29, 1.82) is 0 Å². The largest absolute Gasteiger partial charge is 0.492 e. The third-order valence-corrected chi connectivity index (χ3v) is 7.57. The van der Waals surface area contributed by atoms with Gasteiger partial charge >= 0.3 is 0 Å². The van der Waals surface area contributed by atoms with Gasteiger partial charge in [0, 0.05) is 23.1 Å². The van der Waals surface area contributed by atoms with E-state index in [9.17, 15) is 8.42 Å². The Balaban J connectivity index is 1.98. The van der Waals surface area contributed by atoms with Gasteiger partial charge in [0.15, 0.2) is 0 Å². The minimum Gasteiger partial charge on any atom is -0.492 e. The van der Waals surface area contributed by atoms with Crippen LogP contribution in [0.25, 0.3) is 0 Å². The number of rotatable bonds is 2. The first-order chi connectivity index (χ1) is 9.59. The summed E-state index contributed by atoms with van der Waals surface area (Å²) in [5.41, 5.74) is 0.890. The second kappa shape index (κ2) is 5.48. The van der Waals surface area contributed by atoms with Gasteiger partial charge < -0.3 is 4.74 Å². The summed E-state index contributed by atoms with van der Waals surface area (Å²) in [6.07, 6.45) is 0. The molecule has 106 valence electrons. The van der Waals surface area contributed by atoms with Gasteiger partial charge in [-0.3, -0.25) is 0 Å². The number of hydrogen-bond donors (Lipinski definition) is 0. The van der Waals surface area contributed by atoms with Crippen molar-refractivity contribution in [3.63, 3.8) is 0 Å². The van der Waals surface area contributed by atoms with Crippen LogP contribution in [0.1, 0.15) is 5.56 Å². The standard InChI is InChI=1S/C13H12BrNO3S2/c14-11-5-8-19-13(11)20(16,17)15-6-7-18-12-4-2-1-3-10(12)9-15/h1-5,8H,6-7,9H2. The Hall–Kier alpha value is -0.890. The van der Waals surface area contributed by atoms with E-state index in [-0.39, 0.29) is 0 Å². The smallest absolute Gasteiger partial charge is 0.254 e. The molecule has 1 aliphatic heterocycles. The molecule has 20 heavy (non-hydrogen) atoms. The van der Waals surface area contributed by atoms with E-state index < -0.39 is 10.0 Å². The first kappa shape index (κ1) is 14.1. The zero-order valence-electron chi connectivity index (χ0n) is 10.5. The van der Waals surface area contributed by atoms with Crippen LogP contribution in [0.2, 0.25) is 0 Å². The summed E-state index contributed by atoms with van der Waals surface area (Å²) < 4.78 is 33.4. The van der Waals surface area contributed by atoms with E-state index in [0.29, 0.717) is 28.4 Å². The molecule has 1 aliphatic rings. The first-order valence-corrected chi connectivity index (χ1v) is 9.14. The monoisotopic (exact) mass is 373 g/mol. The van der Waals surface area contributed by atoms with E-state index in [1.807, 2.05) is 24.3 Å². The van der Waals surface area contributed by atoms with Gasteiger partial charge in [0.2, 0.25) is 0 Å². The van der Waals surface area contributed by atoms with Gasteiger partial charge in [-0.1, -0.05) is 18.2 Å². The van der Waals surface area contributed by atoms with Crippen molar-refractivity contribution >= 4 is 37.3 Å². The Labute approximate surface area is 130 Å². The number of fused-ring (bicyclic) bond motifs is 1. The Morgan fingerprint density at radius 2 is 2.05 bits per heavy atom. The molecular weight excluding hydrogens is 362 g/mol. The van der Waals surface area contributed by atoms with E-state index >= 15 is 0 Å². The molecular formula is C13H12BrNO3S2. The molecule has 0 radical (unpaired) electrons. The van der Waals surface area contributed by atoms with Crippen LogP contribution in [0, 0.1) is 0 Å². The topological polar surface area (TPSA) is 46.6 Å². The Morgan fingerprint density at radius 3 is 2.80 bits per heavy atom. The third kappa shape index (κ3) is 2.50. The molecule has 0 bridgehead atoms. The number of ether oxygens (including phenoxy) is 1. The van der Waals surface area contributed by atoms with Crippen molar-refractivity contribution < 1.29 is 13.2 Å². The van der Waals surface area contributed by atoms with Crippen molar-refractivity contribution in [2.45, 2.75) is 10.8 Å². The van der Waals surface area contributed by atoms with Crippen LogP contribution < -0.4 is 4.74 Å². The Kier molecular flexibility index (Phi) is 3.85. The minimum absolute atomic E-state index is 0.336. The number of hydrogen-bond acceptors (Lipinski definition) is 4. The van der Waals surface area contributed by atoms with Gasteiger partial charge in [-0.2, -0.15) is 4.31 Å². The van der Waals surface area contributed by atoms with Crippen LogP contribution in [0.15, 0.2) is 44.4 Å². The maximum atomic E-state index is 12.7. The lowest BCUT2D eigenvalue weighted by Crippen LogP contribution is -2.32. The summed E-state index contributed by atoms with van der Waals surface area (Å²) in [6, 6.07) is 9.29. The van der Waals surface area contributed by atoms with Crippen molar-refractivity contribution in [1.82, 2.24) is 4.31 Å². The van der Waals surface area contributed by atoms with Crippen molar-refractivity contribution in [2.75, 3.05) is 13.2 Å². The fraction of sp³-hybridized carbons (Fsp3) is 0.231. The highest BCUT2D eigenvalue weighted by Crippen LogP contribution is 2.32. The van der Waals surface area contributed by atoms with E-state index in [4.69, 9.17) is 4.74 Å². The van der Waals surface area contributed by atoms with E-state index in [0.717, 1.165) is 11.3 Å². The van der Waals surface area contributed by atoms with Crippen LogP contribution in [0.3, 0.4) is 0 Å². The van der Waals surface area contributed by atoms with Crippen LogP contribution in [-0.4, -0.2) is 25.9 Å². The molecule has 0 saturated heterocycles. The summed E-state index contributed by atoms with van der Waals surface area (Å²) in [4.78, 5) is 0. The number of sulfonamides is 1. The zero-order valence-corrected chi connectivity index (χ0v) is 13.7. The summed E-state index contributed by atoms with van der Waals surface area (Å²) in [5.74, 6) is 0.760. The molecule has 0 saturated carbocycles. The van der Waals surface area contributed by atoms with Gasteiger partial charge in [-0.05, 0) is 33.4 Å². The predicted octanol–water partition coefficient (Wildman–Crippen LogP) is 3.09. The highest BCUT2D eigenvalue weighted by molar-refractivity contribution is 9.10. The van der Waals surface area contributed by atoms with E-state index in [2.05, 4.69) is 15.9 Å².